The lowest BCUT2D eigenvalue weighted by Crippen LogP contribution is -2.37. The Hall–Kier alpha value is -0.870. The van der Waals surface area contributed by atoms with Crippen LogP contribution in [0.3, 0.4) is 0 Å². The van der Waals surface area contributed by atoms with E-state index < -0.39 is 0 Å². The van der Waals surface area contributed by atoms with Gasteiger partial charge in [0.2, 0.25) is 0 Å². The number of rotatable bonds is 3. The van der Waals surface area contributed by atoms with Crippen molar-refractivity contribution in [1.82, 2.24) is 4.90 Å². The number of nitrogens with two attached hydrogens (primary N) is 1. The van der Waals surface area contributed by atoms with Crippen molar-refractivity contribution in [2.24, 2.45) is 11.7 Å². The van der Waals surface area contributed by atoms with Crippen molar-refractivity contribution in [3.63, 3.8) is 0 Å². The lowest BCUT2D eigenvalue weighted by molar-refractivity contribution is 0.201. The molecule has 0 spiro atoms. The van der Waals surface area contributed by atoms with Crippen LogP contribution in [0.1, 0.15) is 18.4 Å². The van der Waals surface area contributed by atoms with E-state index in [2.05, 4.69) is 39.0 Å². The molecule has 1 aromatic carbocycles. The molecule has 1 aromatic rings. The molecule has 0 aliphatic carbocycles. The Bertz CT molecular complexity index is 397. The molecule has 0 atom stereocenters. The number of likely N-dealkylation sites (tertiary alicyclic amines) is 1. The molecular formula is C13H18BrN3. The number of halogens is 1. The second-order valence-electron chi connectivity index (χ2n) is 4.64. The summed E-state index contributed by atoms with van der Waals surface area (Å²) < 4.78 is 1.13. The number of hydrogen-bond donors (Lipinski definition) is 2. The van der Waals surface area contributed by atoms with E-state index in [0.717, 1.165) is 36.9 Å². The number of piperidine rings is 1. The van der Waals surface area contributed by atoms with E-state index in [-0.39, 0.29) is 0 Å². The van der Waals surface area contributed by atoms with Crippen molar-refractivity contribution in [3.05, 3.63) is 34.3 Å². The molecule has 3 nitrogen and oxygen atoms in total. The van der Waals surface area contributed by atoms with E-state index in [4.69, 9.17) is 11.1 Å². The second-order valence-corrected chi connectivity index (χ2v) is 5.55. The van der Waals surface area contributed by atoms with Crippen LogP contribution in [0.5, 0.6) is 0 Å². The molecule has 0 amide bonds. The lowest BCUT2D eigenvalue weighted by atomic mass is 9.95. The molecule has 0 unspecified atom stereocenters. The first-order valence-electron chi connectivity index (χ1n) is 5.96. The van der Waals surface area contributed by atoms with Gasteiger partial charge in [-0.2, -0.15) is 0 Å². The summed E-state index contributed by atoms with van der Waals surface area (Å²) in [6.45, 7) is 3.07. The third-order valence-corrected chi connectivity index (χ3v) is 3.82. The van der Waals surface area contributed by atoms with Gasteiger partial charge in [-0.3, -0.25) is 10.3 Å². The highest BCUT2D eigenvalue weighted by Crippen LogP contribution is 2.20. The van der Waals surface area contributed by atoms with Gasteiger partial charge in [0.15, 0.2) is 0 Å². The smallest absolute Gasteiger partial charge is 0.0937 e. The molecule has 4 heteroatoms. The Morgan fingerprint density at radius 2 is 2.12 bits per heavy atom. The van der Waals surface area contributed by atoms with Crippen molar-refractivity contribution >= 4 is 21.8 Å². The first kappa shape index (κ1) is 12.6. The minimum atomic E-state index is 0.300. The van der Waals surface area contributed by atoms with Gasteiger partial charge >= 0.3 is 0 Å². The van der Waals surface area contributed by atoms with Gasteiger partial charge < -0.3 is 5.73 Å². The summed E-state index contributed by atoms with van der Waals surface area (Å²) in [5.74, 6) is 0.654. The number of nitrogens with one attached hydrogen (secondary N) is 1. The minimum Gasteiger partial charge on any atom is -0.387 e. The highest BCUT2D eigenvalue weighted by Gasteiger charge is 2.20. The number of hydrogen-bond acceptors (Lipinski definition) is 2. The van der Waals surface area contributed by atoms with Crippen LogP contribution < -0.4 is 5.73 Å². The minimum absolute atomic E-state index is 0.300. The van der Waals surface area contributed by atoms with Crippen LogP contribution in [-0.2, 0) is 6.54 Å². The molecule has 1 aliphatic heterocycles. The van der Waals surface area contributed by atoms with Gasteiger partial charge in [-0.05, 0) is 43.6 Å². The Labute approximate surface area is 111 Å². The van der Waals surface area contributed by atoms with Gasteiger partial charge in [0.1, 0.15) is 0 Å². The summed E-state index contributed by atoms with van der Waals surface area (Å²) in [5.41, 5.74) is 6.88. The van der Waals surface area contributed by atoms with Gasteiger partial charge in [-0.15, -0.1) is 0 Å². The zero-order chi connectivity index (χ0) is 12.3. The average molecular weight is 296 g/mol. The summed E-state index contributed by atoms with van der Waals surface area (Å²) in [7, 11) is 0. The molecule has 1 fully saturated rings. The van der Waals surface area contributed by atoms with E-state index in [0.29, 0.717) is 11.8 Å². The first-order valence-corrected chi connectivity index (χ1v) is 6.75. The van der Waals surface area contributed by atoms with Crippen LogP contribution in [0, 0.1) is 11.3 Å². The summed E-state index contributed by atoms with van der Waals surface area (Å²) >= 11 is 3.49. The zero-order valence-corrected chi connectivity index (χ0v) is 11.4. The van der Waals surface area contributed by atoms with Crippen LogP contribution in [-0.4, -0.2) is 23.8 Å². The maximum atomic E-state index is 7.46. The van der Waals surface area contributed by atoms with E-state index in [9.17, 15) is 0 Å². The molecule has 0 aromatic heterocycles. The summed E-state index contributed by atoms with van der Waals surface area (Å²) in [6.07, 6.45) is 2.03. The Morgan fingerprint density at radius 3 is 2.71 bits per heavy atom. The van der Waals surface area contributed by atoms with Crippen LogP contribution in [0.25, 0.3) is 0 Å². The molecule has 17 heavy (non-hydrogen) atoms. The maximum Gasteiger partial charge on any atom is 0.0937 e. The monoisotopic (exact) mass is 295 g/mol. The van der Waals surface area contributed by atoms with E-state index >= 15 is 0 Å². The molecule has 1 saturated heterocycles. The topological polar surface area (TPSA) is 53.1 Å². The zero-order valence-electron chi connectivity index (χ0n) is 9.82. The summed E-state index contributed by atoms with van der Waals surface area (Å²) in [6, 6.07) is 8.44. The number of amidine groups is 1. The van der Waals surface area contributed by atoms with Crippen molar-refractivity contribution in [2.45, 2.75) is 19.4 Å². The van der Waals surface area contributed by atoms with E-state index in [1.54, 1.807) is 0 Å². The second kappa shape index (κ2) is 5.65. The van der Waals surface area contributed by atoms with Crippen molar-refractivity contribution < 1.29 is 0 Å². The molecule has 0 saturated carbocycles. The maximum absolute atomic E-state index is 7.46. The fraction of sp³-hybridized carbons (Fsp3) is 0.462. The third-order valence-electron chi connectivity index (χ3n) is 3.32. The highest BCUT2D eigenvalue weighted by atomic mass is 79.9. The summed E-state index contributed by atoms with van der Waals surface area (Å²) in [5, 5.41) is 7.46. The van der Waals surface area contributed by atoms with Crippen LogP contribution in [0.15, 0.2) is 28.7 Å². The lowest BCUT2D eigenvalue weighted by Gasteiger charge is -2.31. The molecule has 1 heterocycles. The van der Waals surface area contributed by atoms with Crippen molar-refractivity contribution in [3.8, 4) is 0 Å². The molecule has 0 radical (unpaired) electrons. The summed E-state index contributed by atoms with van der Waals surface area (Å²) in [4.78, 5) is 2.43. The van der Waals surface area contributed by atoms with Gasteiger partial charge in [-0.1, -0.05) is 28.1 Å². The van der Waals surface area contributed by atoms with Gasteiger partial charge in [0, 0.05) is 16.9 Å². The van der Waals surface area contributed by atoms with Crippen LogP contribution in [0.2, 0.25) is 0 Å². The van der Waals surface area contributed by atoms with E-state index in [1.807, 2.05) is 6.07 Å². The first-order chi connectivity index (χ1) is 8.15. The molecule has 3 N–H and O–H groups in total. The fourth-order valence-electron chi connectivity index (χ4n) is 2.30. The van der Waals surface area contributed by atoms with Crippen LogP contribution >= 0.6 is 15.9 Å². The van der Waals surface area contributed by atoms with Crippen molar-refractivity contribution in [2.75, 3.05) is 13.1 Å². The number of benzene rings is 1. The third kappa shape index (κ3) is 3.54. The molecular weight excluding hydrogens is 278 g/mol. The Kier molecular flexibility index (Phi) is 4.18. The standard InChI is InChI=1S/C13H18BrN3/c14-12-3-1-2-10(8-12)9-17-6-4-11(5-7-17)13(15)16/h1-3,8,11H,4-7,9H2,(H3,15,16). The van der Waals surface area contributed by atoms with Crippen molar-refractivity contribution in [1.29, 1.82) is 5.41 Å². The normalized spacial score (nSPS) is 18.2. The largest absolute Gasteiger partial charge is 0.387 e. The average Bonchev–Trinajstić information content (AvgIpc) is 2.29. The molecule has 2 rings (SSSR count). The predicted molar refractivity (Wildman–Crippen MR) is 74.1 cm³/mol. The Morgan fingerprint density at radius 1 is 1.41 bits per heavy atom. The van der Waals surface area contributed by atoms with Gasteiger partial charge in [-0.25, -0.2) is 0 Å². The molecule has 0 bridgehead atoms. The van der Waals surface area contributed by atoms with Gasteiger partial charge in [0.05, 0.1) is 5.84 Å². The molecule has 92 valence electrons. The van der Waals surface area contributed by atoms with Crippen LogP contribution in [0.4, 0.5) is 0 Å². The molecule has 1 aliphatic rings. The predicted octanol–water partition coefficient (Wildman–Crippen LogP) is 2.60. The fourth-order valence-corrected chi connectivity index (χ4v) is 2.74. The SMILES string of the molecule is N=C(N)C1CCN(Cc2cccc(Br)c2)CC1. The van der Waals surface area contributed by atoms with E-state index in [1.165, 1.54) is 5.56 Å². The Balaban J connectivity index is 1.88. The highest BCUT2D eigenvalue weighted by molar-refractivity contribution is 9.10. The number of nitrogens with zero attached hydrogens (tertiary/aromatic N) is 1. The van der Waals surface area contributed by atoms with Gasteiger partial charge in [0.25, 0.3) is 0 Å². The quantitative estimate of drug-likeness (QED) is 0.665.